The van der Waals surface area contributed by atoms with Gasteiger partial charge in [-0.2, -0.15) is 0 Å². The highest BCUT2D eigenvalue weighted by molar-refractivity contribution is 5.76. The molecular formula is C83H159NO8. The summed E-state index contributed by atoms with van der Waals surface area (Å²) < 4.78 is 11.4. The molecule has 1 fully saturated rings. The molecule has 6 N–H and O–H groups in total. The molecule has 0 saturated carbocycles. The van der Waals surface area contributed by atoms with E-state index in [1.54, 1.807) is 0 Å². The van der Waals surface area contributed by atoms with Crippen molar-refractivity contribution in [2.75, 3.05) is 13.2 Å². The van der Waals surface area contributed by atoms with Crippen LogP contribution in [-0.2, 0) is 14.3 Å². The molecule has 0 spiro atoms. The topological polar surface area (TPSA) is 149 Å². The number of nitrogens with one attached hydrogen (secondary N) is 1. The second-order valence-corrected chi connectivity index (χ2v) is 28.9. The standard InChI is InChI=1S/C83H159NO8/c1-3-5-7-9-11-13-15-17-19-21-23-25-27-29-31-33-35-36-37-38-39-40-41-42-43-45-47-49-51-53-55-57-59-61-63-65-67-69-71-73-79(87)84-76(75-91-83-82(90)81(89)80(88)78(74-85)92-83)77(86)72-70-68-66-64-62-60-58-56-54-52-50-48-46-44-34-32-30-28-26-24-22-20-18-16-14-12-10-8-6-4-2/h15,17,21,23,27,29,76-78,80-83,85-86,88-90H,3-14,16,18-20,22,24-26,28,30-75H2,1-2H3,(H,84,87)/b17-15-,23-21-,29-27-. The largest absolute Gasteiger partial charge is 0.394 e. The minimum atomic E-state index is -1.55. The number of carbonyl (C=O) groups excluding carboxylic acids is 1. The number of amides is 1. The van der Waals surface area contributed by atoms with E-state index in [1.165, 1.54) is 353 Å². The van der Waals surface area contributed by atoms with Gasteiger partial charge in [0.1, 0.15) is 24.4 Å². The average Bonchev–Trinajstić information content (AvgIpc) is 1.45. The van der Waals surface area contributed by atoms with E-state index in [2.05, 4.69) is 55.6 Å². The number of carbonyl (C=O) groups is 1. The lowest BCUT2D eigenvalue weighted by Gasteiger charge is -2.40. The smallest absolute Gasteiger partial charge is 0.220 e. The van der Waals surface area contributed by atoms with E-state index < -0.39 is 49.5 Å². The maximum absolute atomic E-state index is 13.2. The van der Waals surface area contributed by atoms with Crippen molar-refractivity contribution in [1.82, 2.24) is 5.32 Å². The summed E-state index contributed by atoms with van der Waals surface area (Å²) in [5.41, 5.74) is 0. The summed E-state index contributed by atoms with van der Waals surface area (Å²) >= 11 is 0. The summed E-state index contributed by atoms with van der Waals surface area (Å²) in [4.78, 5) is 13.2. The lowest BCUT2D eigenvalue weighted by Crippen LogP contribution is -2.60. The minimum Gasteiger partial charge on any atom is -0.394 e. The first-order valence-electron chi connectivity index (χ1n) is 41.2. The van der Waals surface area contributed by atoms with Gasteiger partial charge in [0, 0.05) is 6.42 Å². The third-order valence-corrected chi connectivity index (χ3v) is 20.0. The molecule has 1 heterocycles. The molecule has 1 amide bonds. The van der Waals surface area contributed by atoms with Crippen LogP contribution in [0.15, 0.2) is 36.5 Å². The van der Waals surface area contributed by atoms with Crippen LogP contribution in [0.4, 0.5) is 0 Å². The van der Waals surface area contributed by atoms with Gasteiger partial charge in [-0.05, 0) is 51.4 Å². The molecule has 1 aliphatic heterocycles. The normalized spacial score (nSPS) is 17.8. The van der Waals surface area contributed by atoms with Crippen LogP contribution in [-0.4, -0.2) is 87.5 Å². The zero-order chi connectivity index (χ0) is 66.4. The van der Waals surface area contributed by atoms with Gasteiger partial charge in [-0.1, -0.05) is 410 Å². The van der Waals surface area contributed by atoms with Gasteiger partial charge in [0.25, 0.3) is 0 Å². The first-order valence-corrected chi connectivity index (χ1v) is 41.2. The molecule has 92 heavy (non-hydrogen) atoms. The van der Waals surface area contributed by atoms with Crippen molar-refractivity contribution in [2.45, 2.75) is 474 Å². The lowest BCUT2D eigenvalue weighted by molar-refractivity contribution is -0.302. The lowest BCUT2D eigenvalue weighted by atomic mass is 9.99. The Labute approximate surface area is 571 Å². The number of hydrogen-bond donors (Lipinski definition) is 6. The van der Waals surface area contributed by atoms with Crippen molar-refractivity contribution in [3.05, 3.63) is 36.5 Å². The molecule has 1 saturated heterocycles. The first-order chi connectivity index (χ1) is 45.3. The Morgan fingerprint density at radius 1 is 0.370 bits per heavy atom. The highest BCUT2D eigenvalue weighted by atomic mass is 16.7. The van der Waals surface area contributed by atoms with Crippen molar-refractivity contribution in [2.24, 2.45) is 0 Å². The second-order valence-electron chi connectivity index (χ2n) is 28.9. The molecule has 0 aromatic rings. The SMILES string of the molecule is CCCCCCC/C=C\C/C=C\C/C=C\CCCCCCCCCCCCCCCCCCCCCCCCCCC(=O)NC(COC1OC(CO)C(O)C(O)C1O)C(O)CCCCCCCCCCCCCCCCCCCCCCCCCCCCCCCC. The minimum absolute atomic E-state index is 0.133. The number of aliphatic hydroxyl groups excluding tert-OH is 5. The summed E-state index contributed by atoms with van der Waals surface area (Å²) in [6.45, 7) is 3.89. The Morgan fingerprint density at radius 3 is 0.946 bits per heavy atom. The summed E-state index contributed by atoms with van der Waals surface area (Å²) in [5.74, 6) is -0.134. The van der Waals surface area contributed by atoms with Crippen molar-refractivity contribution < 1.29 is 39.8 Å². The summed E-state index contributed by atoms with van der Waals surface area (Å²) in [7, 11) is 0. The molecule has 7 unspecified atom stereocenters. The van der Waals surface area contributed by atoms with E-state index in [0.717, 1.165) is 51.4 Å². The van der Waals surface area contributed by atoms with Crippen LogP contribution in [0.5, 0.6) is 0 Å². The third-order valence-electron chi connectivity index (χ3n) is 20.0. The predicted molar refractivity (Wildman–Crippen MR) is 397 cm³/mol. The van der Waals surface area contributed by atoms with E-state index in [9.17, 15) is 30.3 Å². The number of allylic oxidation sites excluding steroid dienone is 6. The predicted octanol–water partition coefficient (Wildman–Crippen LogP) is 23.7. The molecule has 0 aromatic carbocycles. The van der Waals surface area contributed by atoms with Crippen LogP contribution in [0.3, 0.4) is 0 Å². The van der Waals surface area contributed by atoms with Crippen molar-refractivity contribution >= 4 is 5.91 Å². The monoisotopic (exact) mass is 1300 g/mol. The molecule has 0 radical (unpaired) electrons. The maximum atomic E-state index is 13.2. The fraction of sp³-hybridized carbons (Fsp3) is 0.916. The Kier molecular flexibility index (Phi) is 69.4. The quantitative estimate of drug-likeness (QED) is 0.0261. The molecule has 544 valence electrons. The van der Waals surface area contributed by atoms with E-state index in [4.69, 9.17) is 9.47 Å². The highest BCUT2D eigenvalue weighted by Gasteiger charge is 2.44. The van der Waals surface area contributed by atoms with Gasteiger partial charge in [-0.15, -0.1) is 0 Å². The van der Waals surface area contributed by atoms with Crippen LogP contribution < -0.4 is 5.32 Å². The van der Waals surface area contributed by atoms with Gasteiger partial charge in [0.15, 0.2) is 6.29 Å². The van der Waals surface area contributed by atoms with Gasteiger partial charge in [-0.25, -0.2) is 0 Å². The number of hydrogen-bond acceptors (Lipinski definition) is 8. The Hall–Kier alpha value is -1.59. The van der Waals surface area contributed by atoms with Crippen molar-refractivity contribution in [3.63, 3.8) is 0 Å². The summed E-state index contributed by atoms with van der Waals surface area (Å²) in [6, 6.07) is -0.719. The van der Waals surface area contributed by atoms with E-state index in [0.29, 0.717) is 12.8 Å². The molecular weight excluding hydrogens is 1140 g/mol. The van der Waals surface area contributed by atoms with Crippen LogP contribution >= 0.6 is 0 Å². The molecule has 1 rings (SSSR count). The van der Waals surface area contributed by atoms with Gasteiger partial charge in [0.2, 0.25) is 5.91 Å². The van der Waals surface area contributed by atoms with Gasteiger partial charge >= 0.3 is 0 Å². The highest BCUT2D eigenvalue weighted by Crippen LogP contribution is 2.24. The molecule has 0 bridgehead atoms. The Morgan fingerprint density at radius 2 is 0.641 bits per heavy atom. The third kappa shape index (κ3) is 59.7. The number of aliphatic hydroxyl groups is 5. The van der Waals surface area contributed by atoms with E-state index in [-0.39, 0.29) is 12.5 Å². The van der Waals surface area contributed by atoms with Crippen LogP contribution in [0.1, 0.15) is 431 Å². The van der Waals surface area contributed by atoms with E-state index in [1.807, 2.05) is 0 Å². The van der Waals surface area contributed by atoms with Crippen LogP contribution in [0.25, 0.3) is 0 Å². The molecule has 0 aromatic heterocycles. The number of ether oxygens (including phenoxy) is 2. The fourth-order valence-corrected chi connectivity index (χ4v) is 13.6. The molecule has 0 aliphatic carbocycles. The number of unbranched alkanes of at least 4 members (excludes halogenated alkanes) is 58. The van der Waals surface area contributed by atoms with Crippen molar-refractivity contribution in [1.29, 1.82) is 0 Å². The summed E-state index contributed by atoms with van der Waals surface area (Å²) in [5, 5.41) is 55.1. The Bertz CT molecular complexity index is 1550. The fourth-order valence-electron chi connectivity index (χ4n) is 13.6. The van der Waals surface area contributed by atoms with E-state index >= 15 is 0 Å². The number of rotatable bonds is 74. The van der Waals surface area contributed by atoms with Crippen molar-refractivity contribution in [3.8, 4) is 0 Å². The van der Waals surface area contributed by atoms with Crippen LogP contribution in [0.2, 0.25) is 0 Å². The van der Waals surface area contributed by atoms with Gasteiger partial charge in [0.05, 0.1) is 25.4 Å². The van der Waals surface area contributed by atoms with Gasteiger partial charge in [-0.3, -0.25) is 4.79 Å². The van der Waals surface area contributed by atoms with Gasteiger partial charge < -0.3 is 40.3 Å². The molecule has 1 aliphatic rings. The first kappa shape index (κ1) is 88.4. The van der Waals surface area contributed by atoms with Crippen LogP contribution in [0, 0.1) is 0 Å². The zero-order valence-corrected chi connectivity index (χ0v) is 61.3. The maximum Gasteiger partial charge on any atom is 0.220 e. The molecule has 9 nitrogen and oxygen atoms in total. The molecule has 9 heteroatoms. The molecule has 7 atom stereocenters. The summed E-state index contributed by atoms with van der Waals surface area (Å²) in [6.07, 6.45) is 91.2. The second kappa shape index (κ2) is 72.2. The average molecular weight is 1300 g/mol. The Balaban J connectivity index is 2.03. The zero-order valence-electron chi connectivity index (χ0n) is 61.3.